The third-order valence-corrected chi connectivity index (χ3v) is 3.85. The molecule has 0 fully saturated rings. The third-order valence-electron chi connectivity index (χ3n) is 2.79. The first-order valence-electron chi connectivity index (χ1n) is 5.89. The van der Waals surface area contributed by atoms with Gasteiger partial charge >= 0.3 is 10.1 Å². The van der Waals surface area contributed by atoms with Gasteiger partial charge in [-0.15, -0.1) is 0 Å². The number of benzene rings is 2. The van der Waals surface area contributed by atoms with Crippen LogP contribution in [0.4, 0.5) is 0 Å². The van der Waals surface area contributed by atoms with Gasteiger partial charge in [-0.2, -0.15) is 8.42 Å². The summed E-state index contributed by atoms with van der Waals surface area (Å²) >= 11 is 3.25. The Kier molecular flexibility index (Phi) is 3.37. The van der Waals surface area contributed by atoms with Crippen LogP contribution in [0.2, 0.25) is 0 Å². The van der Waals surface area contributed by atoms with E-state index >= 15 is 0 Å². The largest absolute Gasteiger partial charge is 0.379 e. The Hall–Kier alpha value is -1.67. The highest BCUT2D eigenvalue weighted by atomic mass is 79.9. The van der Waals surface area contributed by atoms with E-state index in [0.717, 1.165) is 6.26 Å². The van der Waals surface area contributed by atoms with Crippen molar-refractivity contribution < 1.29 is 12.6 Å². The lowest BCUT2D eigenvalue weighted by Gasteiger charge is -2.11. The lowest BCUT2D eigenvalue weighted by atomic mass is 9.94. The fraction of sp³-hybridized carbons (Fsp3) is 0.0769. The zero-order valence-electron chi connectivity index (χ0n) is 10.9. The molecule has 0 atom stereocenters. The molecule has 0 amide bonds. The van der Waals surface area contributed by atoms with Crippen molar-refractivity contribution in [1.82, 2.24) is 9.97 Å². The van der Waals surface area contributed by atoms with Crippen LogP contribution in [0.3, 0.4) is 0 Å². The zero-order chi connectivity index (χ0) is 15.2. The van der Waals surface area contributed by atoms with Crippen LogP contribution in [-0.4, -0.2) is 32.5 Å². The summed E-state index contributed by atoms with van der Waals surface area (Å²) in [6.45, 7) is 0. The Bertz CT molecular complexity index is 976. The molecule has 0 aliphatic heterocycles. The van der Waals surface area contributed by atoms with Crippen LogP contribution in [0.15, 0.2) is 34.8 Å². The van der Waals surface area contributed by atoms with Gasteiger partial charge in [0.2, 0.25) is 0 Å². The van der Waals surface area contributed by atoms with E-state index in [4.69, 9.17) is 12.0 Å². The number of fused-ring (bicyclic) bond motifs is 2. The second kappa shape index (κ2) is 4.96. The summed E-state index contributed by atoms with van der Waals surface area (Å²) < 4.78 is 28.3. The SMILES string of the molecule is [B]c1cc(Br)c(OS(C)(=O)=O)c2nc3ccccc3nc12. The molecular formula is C13H8BBrN2O3S. The lowest BCUT2D eigenvalue weighted by molar-refractivity contribution is 0.494. The van der Waals surface area contributed by atoms with E-state index < -0.39 is 10.1 Å². The molecule has 0 aliphatic rings. The minimum Gasteiger partial charge on any atom is -0.379 e. The summed E-state index contributed by atoms with van der Waals surface area (Å²) in [5.74, 6) is 0.0833. The van der Waals surface area contributed by atoms with Crippen LogP contribution in [-0.2, 0) is 10.1 Å². The monoisotopic (exact) mass is 362 g/mol. The molecule has 0 spiro atoms. The normalized spacial score (nSPS) is 11.9. The average Bonchev–Trinajstić information content (AvgIpc) is 2.41. The molecule has 104 valence electrons. The molecule has 1 aromatic heterocycles. The Morgan fingerprint density at radius 2 is 1.71 bits per heavy atom. The molecule has 2 radical (unpaired) electrons. The molecule has 0 unspecified atom stereocenters. The number of nitrogens with zero attached hydrogens (tertiary/aromatic N) is 2. The molecule has 0 saturated heterocycles. The first kappa shape index (κ1) is 14.3. The number of hydrogen-bond donors (Lipinski definition) is 0. The van der Waals surface area contributed by atoms with Gasteiger partial charge in [0.1, 0.15) is 13.4 Å². The number of halogens is 1. The summed E-state index contributed by atoms with van der Waals surface area (Å²) in [6, 6.07) is 8.79. The van der Waals surface area contributed by atoms with Crippen molar-refractivity contribution in [2.24, 2.45) is 0 Å². The van der Waals surface area contributed by atoms with Gasteiger partial charge in [0.15, 0.2) is 5.75 Å². The van der Waals surface area contributed by atoms with Crippen molar-refractivity contribution in [2.45, 2.75) is 0 Å². The maximum absolute atomic E-state index is 11.4. The van der Waals surface area contributed by atoms with Crippen LogP contribution in [0.5, 0.6) is 5.75 Å². The summed E-state index contributed by atoms with van der Waals surface area (Å²) in [4.78, 5) is 8.85. The van der Waals surface area contributed by atoms with Crippen LogP contribution < -0.4 is 9.65 Å². The molecular weight excluding hydrogens is 355 g/mol. The van der Waals surface area contributed by atoms with Gasteiger partial charge in [0.25, 0.3) is 0 Å². The van der Waals surface area contributed by atoms with Crippen molar-refractivity contribution in [3.8, 4) is 5.75 Å². The standard InChI is InChI=1S/C13H8BBrN2O3S/c1-21(18,19)20-13-8(15)6-7(14)11-12(13)17-10-5-3-2-4-9(10)16-11/h2-6H,1H3. The van der Waals surface area contributed by atoms with Crippen LogP contribution in [0.25, 0.3) is 22.1 Å². The highest BCUT2D eigenvalue weighted by molar-refractivity contribution is 9.10. The Morgan fingerprint density at radius 3 is 2.29 bits per heavy atom. The van der Waals surface area contributed by atoms with Crippen molar-refractivity contribution >= 4 is 61.4 Å². The van der Waals surface area contributed by atoms with Crippen LogP contribution in [0.1, 0.15) is 0 Å². The topological polar surface area (TPSA) is 69.2 Å². The summed E-state index contributed by atoms with van der Waals surface area (Å²) in [7, 11) is 2.25. The van der Waals surface area contributed by atoms with Gasteiger partial charge in [-0.25, -0.2) is 9.97 Å². The second-order valence-corrected chi connectivity index (χ2v) is 6.90. The van der Waals surface area contributed by atoms with Gasteiger partial charge in [0, 0.05) is 0 Å². The molecule has 0 saturated carbocycles. The summed E-state index contributed by atoms with van der Waals surface area (Å²) in [5.41, 5.74) is 2.38. The van der Waals surface area contributed by atoms with E-state index in [9.17, 15) is 8.42 Å². The van der Waals surface area contributed by atoms with Gasteiger partial charge < -0.3 is 4.18 Å². The molecule has 3 aromatic rings. The Balaban J connectivity index is 2.43. The van der Waals surface area contributed by atoms with Crippen LogP contribution in [0, 0.1) is 0 Å². The first-order chi connectivity index (χ1) is 9.85. The fourth-order valence-corrected chi connectivity index (χ4v) is 3.07. The van der Waals surface area contributed by atoms with E-state index in [2.05, 4.69) is 25.9 Å². The van der Waals surface area contributed by atoms with E-state index in [1.807, 2.05) is 12.1 Å². The predicted octanol–water partition coefficient (Wildman–Crippen LogP) is 1.68. The van der Waals surface area contributed by atoms with Crippen molar-refractivity contribution in [3.05, 3.63) is 34.8 Å². The quantitative estimate of drug-likeness (QED) is 0.394. The average molecular weight is 363 g/mol. The smallest absolute Gasteiger partial charge is 0.306 e. The maximum Gasteiger partial charge on any atom is 0.306 e. The van der Waals surface area contributed by atoms with E-state index in [1.54, 1.807) is 18.2 Å². The van der Waals surface area contributed by atoms with Gasteiger partial charge in [-0.3, -0.25) is 0 Å². The summed E-state index contributed by atoms with van der Waals surface area (Å²) in [5, 5.41) is 0. The molecule has 2 aromatic carbocycles. The van der Waals surface area contributed by atoms with Crippen molar-refractivity contribution in [2.75, 3.05) is 6.26 Å². The van der Waals surface area contributed by atoms with Crippen LogP contribution >= 0.6 is 15.9 Å². The van der Waals surface area contributed by atoms with Gasteiger partial charge in [0.05, 0.1) is 27.3 Å². The molecule has 3 rings (SSSR count). The number of aromatic nitrogens is 2. The molecule has 0 aliphatic carbocycles. The highest BCUT2D eigenvalue weighted by Gasteiger charge is 2.17. The summed E-state index contributed by atoms with van der Waals surface area (Å²) in [6.07, 6.45) is 0.968. The molecule has 21 heavy (non-hydrogen) atoms. The van der Waals surface area contributed by atoms with E-state index in [0.29, 0.717) is 32.0 Å². The van der Waals surface area contributed by atoms with E-state index in [-0.39, 0.29) is 5.75 Å². The molecule has 0 N–H and O–H groups in total. The van der Waals surface area contributed by atoms with E-state index in [1.165, 1.54) is 0 Å². The predicted molar refractivity (Wildman–Crippen MR) is 85.6 cm³/mol. The van der Waals surface area contributed by atoms with Crippen molar-refractivity contribution in [1.29, 1.82) is 0 Å². The maximum atomic E-state index is 11.4. The third kappa shape index (κ3) is 2.73. The van der Waals surface area contributed by atoms with Gasteiger partial charge in [-0.05, 0) is 34.1 Å². The molecule has 0 bridgehead atoms. The Labute approximate surface area is 131 Å². The molecule has 5 nitrogen and oxygen atoms in total. The first-order valence-corrected chi connectivity index (χ1v) is 8.50. The fourth-order valence-electron chi connectivity index (χ4n) is 1.97. The number of hydrogen-bond acceptors (Lipinski definition) is 5. The highest BCUT2D eigenvalue weighted by Crippen LogP contribution is 2.32. The Morgan fingerprint density at radius 1 is 1.14 bits per heavy atom. The van der Waals surface area contributed by atoms with Gasteiger partial charge in [-0.1, -0.05) is 17.6 Å². The second-order valence-electron chi connectivity index (χ2n) is 4.47. The minimum absolute atomic E-state index is 0.0833. The number of rotatable bonds is 2. The number of para-hydroxylation sites is 2. The van der Waals surface area contributed by atoms with Crippen molar-refractivity contribution in [3.63, 3.8) is 0 Å². The minimum atomic E-state index is -3.70. The zero-order valence-corrected chi connectivity index (χ0v) is 13.3. The lowest BCUT2D eigenvalue weighted by Crippen LogP contribution is -2.12. The molecule has 1 heterocycles. The molecule has 8 heteroatoms.